The highest BCUT2D eigenvalue weighted by molar-refractivity contribution is 5.77. The molecule has 1 fully saturated rings. The highest BCUT2D eigenvalue weighted by Gasteiger charge is 2.22. The van der Waals surface area contributed by atoms with E-state index < -0.39 is 0 Å². The molecule has 8 heteroatoms. The molecule has 28 heavy (non-hydrogen) atoms. The van der Waals surface area contributed by atoms with Gasteiger partial charge in [-0.3, -0.25) is 19.0 Å². The van der Waals surface area contributed by atoms with E-state index in [0.717, 1.165) is 11.3 Å². The lowest BCUT2D eigenvalue weighted by Crippen LogP contribution is -2.51. The van der Waals surface area contributed by atoms with Crippen molar-refractivity contribution in [2.75, 3.05) is 32.8 Å². The summed E-state index contributed by atoms with van der Waals surface area (Å²) >= 11 is 0. The Bertz CT molecular complexity index is 899. The van der Waals surface area contributed by atoms with E-state index >= 15 is 0 Å². The molecule has 1 aliphatic heterocycles. The summed E-state index contributed by atoms with van der Waals surface area (Å²) in [5.41, 5.74) is 1.07. The fraction of sp³-hybridized carbons (Fsp3) is 0.400. The predicted molar refractivity (Wildman–Crippen MR) is 104 cm³/mol. The minimum Gasteiger partial charge on any atom is -0.494 e. The minimum atomic E-state index is -0.283. The molecule has 0 bridgehead atoms. The summed E-state index contributed by atoms with van der Waals surface area (Å²) in [7, 11) is 0. The molecule has 8 nitrogen and oxygen atoms in total. The lowest BCUT2D eigenvalue weighted by Gasteiger charge is -2.34. The molecule has 2 heterocycles. The Balaban J connectivity index is 1.65. The van der Waals surface area contributed by atoms with Gasteiger partial charge in [-0.1, -0.05) is 0 Å². The predicted octanol–water partition coefficient (Wildman–Crippen LogP) is 1.000. The van der Waals surface area contributed by atoms with E-state index in [9.17, 15) is 14.4 Å². The molecule has 0 N–H and O–H groups in total. The number of amides is 2. The SMILES string of the molecule is CCOc1ccc(-c2cc(=O)n(CC(=O)N3CCN(C(C)=O)CC3)cn2)cc1. The van der Waals surface area contributed by atoms with E-state index in [1.54, 1.807) is 9.80 Å². The van der Waals surface area contributed by atoms with E-state index in [-0.39, 0.29) is 23.9 Å². The van der Waals surface area contributed by atoms with Gasteiger partial charge in [-0.15, -0.1) is 0 Å². The Labute approximate surface area is 163 Å². The maximum absolute atomic E-state index is 12.5. The van der Waals surface area contributed by atoms with Crippen molar-refractivity contribution in [3.8, 4) is 17.0 Å². The number of carbonyl (C=O) groups excluding carboxylic acids is 2. The highest BCUT2D eigenvalue weighted by Crippen LogP contribution is 2.19. The molecule has 0 atom stereocenters. The van der Waals surface area contributed by atoms with Crippen molar-refractivity contribution < 1.29 is 14.3 Å². The number of hydrogen-bond acceptors (Lipinski definition) is 5. The number of piperazine rings is 1. The lowest BCUT2D eigenvalue weighted by atomic mass is 10.1. The van der Waals surface area contributed by atoms with Crippen LogP contribution in [0.15, 0.2) is 41.5 Å². The van der Waals surface area contributed by atoms with Crippen LogP contribution in [0.3, 0.4) is 0 Å². The molecule has 1 aliphatic rings. The molecule has 148 valence electrons. The molecule has 0 aliphatic carbocycles. The summed E-state index contributed by atoms with van der Waals surface area (Å²) in [5.74, 6) is 0.619. The third-order valence-electron chi connectivity index (χ3n) is 4.72. The van der Waals surface area contributed by atoms with E-state index in [0.29, 0.717) is 38.5 Å². The van der Waals surface area contributed by atoms with Crippen molar-refractivity contribution in [2.24, 2.45) is 0 Å². The van der Waals surface area contributed by atoms with Gasteiger partial charge in [0.2, 0.25) is 11.8 Å². The quantitative estimate of drug-likeness (QED) is 0.768. The van der Waals surface area contributed by atoms with Crippen LogP contribution in [0.2, 0.25) is 0 Å². The van der Waals surface area contributed by atoms with Crippen LogP contribution < -0.4 is 10.3 Å². The van der Waals surface area contributed by atoms with Gasteiger partial charge in [0.1, 0.15) is 12.3 Å². The number of carbonyl (C=O) groups is 2. The van der Waals surface area contributed by atoms with Gasteiger partial charge in [0.15, 0.2) is 0 Å². The second kappa shape index (κ2) is 8.69. The van der Waals surface area contributed by atoms with Gasteiger partial charge < -0.3 is 14.5 Å². The number of benzene rings is 1. The van der Waals surface area contributed by atoms with Crippen molar-refractivity contribution >= 4 is 11.8 Å². The van der Waals surface area contributed by atoms with E-state index in [4.69, 9.17) is 4.74 Å². The van der Waals surface area contributed by atoms with Gasteiger partial charge in [-0.2, -0.15) is 0 Å². The van der Waals surface area contributed by atoms with Crippen LogP contribution in [0.4, 0.5) is 0 Å². The van der Waals surface area contributed by atoms with E-state index in [1.807, 2.05) is 31.2 Å². The number of ether oxygens (including phenoxy) is 1. The lowest BCUT2D eigenvalue weighted by molar-refractivity contribution is -0.138. The van der Waals surface area contributed by atoms with Crippen LogP contribution in [-0.2, 0) is 16.1 Å². The Morgan fingerprint density at radius 2 is 1.71 bits per heavy atom. The standard InChI is InChI=1S/C20H24N4O4/c1-3-28-17-6-4-16(5-7-17)18-12-19(26)24(14-21-18)13-20(27)23-10-8-22(9-11-23)15(2)25/h4-7,12,14H,3,8-11,13H2,1-2H3. The fourth-order valence-electron chi connectivity index (χ4n) is 3.11. The molecule has 0 radical (unpaired) electrons. The summed E-state index contributed by atoms with van der Waals surface area (Å²) in [4.78, 5) is 44.0. The average molecular weight is 384 g/mol. The Morgan fingerprint density at radius 1 is 1.07 bits per heavy atom. The van der Waals surface area contributed by atoms with Gasteiger partial charge >= 0.3 is 0 Å². The smallest absolute Gasteiger partial charge is 0.254 e. The van der Waals surface area contributed by atoms with Crippen molar-refractivity contribution in [1.29, 1.82) is 0 Å². The molecular weight excluding hydrogens is 360 g/mol. The monoisotopic (exact) mass is 384 g/mol. The van der Waals surface area contributed by atoms with Crippen LogP contribution >= 0.6 is 0 Å². The number of rotatable bonds is 5. The van der Waals surface area contributed by atoms with Crippen molar-refractivity contribution in [3.63, 3.8) is 0 Å². The van der Waals surface area contributed by atoms with Crippen LogP contribution in [0.1, 0.15) is 13.8 Å². The molecule has 1 saturated heterocycles. The zero-order valence-electron chi connectivity index (χ0n) is 16.1. The first-order valence-corrected chi connectivity index (χ1v) is 9.31. The number of hydrogen-bond donors (Lipinski definition) is 0. The van der Waals surface area contributed by atoms with Gasteiger partial charge in [-0.25, -0.2) is 4.98 Å². The Morgan fingerprint density at radius 3 is 2.29 bits per heavy atom. The highest BCUT2D eigenvalue weighted by atomic mass is 16.5. The zero-order valence-corrected chi connectivity index (χ0v) is 16.1. The third-order valence-corrected chi connectivity index (χ3v) is 4.72. The first kappa shape index (κ1) is 19.6. The zero-order chi connectivity index (χ0) is 20.1. The molecule has 2 amide bonds. The van der Waals surface area contributed by atoms with Gasteiger partial charge in [0.25, 0.3) is 5.56 Å². The topological polar surface area (TPSA) is 84.7 Å². The fourth-order valence-corrected chi connectivity index (χ4v) is 3.11. The van der Waals surface area contributed by atoms with Crippen LogP contribution in [0.5, 0.6) is 5.75 Å². The van der Waals surface area contributed by atoms with Crippen molar-refractivity contribution in [3.05, 3.63) is 47.0 Å². The third kappa shape index (κ3) is 4.57. The first-order valence-electron chi connectivity index (χ1n) is 9.31. The maximum Gasteiger partial charge on any atom is 0.254 e. The molecule has 0 spiro atoms. The second-order valence-corrected chi connectivity index (χ2v) is 6.58. The summed E-state index contributed by atoms with van der Waals surface area (Å²) in [6.07, 6.45) is 1.40. The Hall–Kier alpha value is -3.16. The normalized spacial score (nSPS) is 14.1. The summed E-state index contributed by atoms with van der Waals surface area (Å²) in [5, 5.41) is 0. The van der Waals surface area contributed by atoms with E-state index in [1.165, 1.54) is 23.9 Å². The molecular formula is C20H24N4O4. The molecule has 3 rings (SSSR count). The summed E-state index contributed by atoms with van der Waals surface area (Å²) < 4.78 is 6.71. The Kier molecular flexibility index (Phi) is 6.08. The number of aromatic nitrogens is 2. The van der Waals surface area contributed by atoms with Gasteiger partial charge in [-0.05, 0) is 31.2 Å². The molecule has 0 unspecified atom stereocenters. The molecule has 2 aromatic rings. The minimum absolute atomic E-state index is 0.0115. The van der Waals surface area contributed by atoms with Gasteiger partial charge in [0.05, 0.1) is 18.6 Å². The first-order chi connectivity index (χ1) is 13.5. The van der Waals surface area contributed by atoms with Crippen molar-refractivity contribution in [1.82, 2.24) is 19.4 Å². The van der Waals surface area contributed by atoms with Crippen LogP contribution in [-0.4, -0.2) is 64.0 Å². The largest absolute Gasteiger partial charge is 0.494 e. The van der Waals surface area contributed by atoms with E-state index in [2.05, 4.69) is 4.98 Å². The second-order valence-electron chi connectivity index (χ2n) is 6.58. The summed E-state index contributed by atoms with van der Waals surface area (Å²) in [6.45, 7) is 5.96. The van der Waals surface area contributed by atoms with Crippen molar-refractivity contribution in [2.45, 2.75) is 20.4 Å². The average Bonchev–Trinajstić information content (AvgIpc) is 2.70. The summed E-state index contributed by atoms with van der Waals surface area (Å²) in [6, 6.07) is 8.77. The van der Waals surface area contributed by atoms with Crippen LogP contribution in [0.25, 0.3) is 11.3 Å². The molecule has 1 aromatic heterocycles. The van der Waals surface area contributed by atoms with Crippen LogP contribution in [0, 0.1) is 0 Å². The molecule has 0 saturated carbocycles. The van der Waals surface area contributed by atoms with Gasteiger partial charge in [0, 0.05) is 44.7 Å². The number of nitrogens with zero attached hydrogens (tertiary/aromatic N) is 4. The molecule has 1 aromatic carbocycles. The maximum atomic E-state index is 12.5.